The maximum atomic E-state index is 15.3. The maximum Gasteiger partial charge on any atom is 0.317 e. The molecule has 37 heavy (non-hydrogen) atoms. The number of rotatable bonds is 5. The molecule has 2 heterocycles. The summed E-state index contributed by atoms with van der Waals surface area (Å²) >= 11 is 0. The third-order valence-electron chi connectivity index (χ3n) is 7.25. The van der Waals surface area contributed by atoms with E-state index in [0.29, 0.717) is 37.4 Å². The Morgan fingerprint density at radius 1 is 1.16 bits per heavy atom. The molecule has 0 atom stereocenters. The summed E-state index contributed by atoms with van der Waals surface area (Å²) in [4.78, 5) is 34.4. The molecule has 1 aromatic carbocycles. The number of carbonyl (C=O) groups is 3. The number of carboxylic acid groups (broad SMARTS) is 1. The number of fused-ring (bicyclic) bond motifs is 3. The van der Waals surface area contributed by atoms with Crippen LogP contribution in [0.5, 0.6) is 0 Å². The molecule has 1 amide bonds. The third kappa shape index (κ3) is 5.55. The van der Waals surface area contributed by atoms with Gasteiger partial charge in [-0.05, 0) is 36.8 Å². The summed E-state index contributed by atoms with van der Waals surface area (Å²) in [5.41, 5.74) is 14.3. The summed E-state index contributed by atoms with van der Waals surface area (Å²) in [6.45, 7) is 4.66. The SMILES string of the molecule is CC1(C)CC(=O)c2c3c(n(-c4cc(F)c(C(N)=O)c(NC5CCCCC5)c4)c2C1)COC3.NCC(=O)O. The highest BCUT2D eigenvalue weighted by atomic mass is 19.1. The second-order valence-electron chi connectivity index (χ2n) is 10.8. The van der Waals surface area contributed by atoms with E-state index in [-0.39, 0.29) is 29.3 Å². The number of halogens is 1. The van der Waals surface area contributed by atoms with Crippen LogP contribution in [0.15, 0.2) is 12.1 Å². The van der Waals surface area contributed by atoms with Crippen LogP contribution in [0.4, 0.5) is 10.1 Å². The molecule has 2 aromatic rings. The van der Waals surface area contributed by atoms with E-state index in [4.69, 9.17) is 15.6 Å². The second kappa shape index (κ2) is 10.6. The molecule has 0 bridgehead atoms. The highest BCUT2D eigenvalue weighted by Crippen LogP contribution is 2.43. The van der Waals surface area contributed by atoms with Gasteiger partial charge in [0.25, 0.3) is 5.91 Å². The highest BCUT2D eigenvalue weighted by molar-refractivity contribution is 6.01. The zero-order chi connectivity index (χ0) is 26.9. The third-order valence-corrected chi connectivity index (χ3v) is 7.25. The van der Waals surface area contributed by atoms with E-state index in [1.165, 1.54) is 12.5 Å². The van der Waals surface area contributed by atoms with Crippen LogP contribution in [0.25, 0.3) is 5.69 Å². The van der Waals surface area contributed by atoms with Gasteiger partial charge in [0.2, 0.25) is 0 Å². The van der Waals surface area contributed by atoms with Gasteiger partial charge in [-0.2, -0.15) is 0 Å². The van der Waals surface area contributed by atoms with Gasteiger partial charge in [-0.3, -0.25) is 14.4 Å². The van der Waals surface area contributed by atoms with Crippen LogP contribution in [0.3, 0.4) is 0 Å². The van der Waals surface area contributed by atoms with Crippen LogP contribution in [0, 0.1) is 11.2 Å². The number of nitrogens with one attached hydrogen (secondary N) is 1. The molecule has 0 spiro atoms. The second-order valence-corrected chi connectivity index (χ2v) is 10.8. The van der Waals surface area contributed by atoms with Crippen molar-refractivity contribution in [3.63, 3.8) is 0 Å². The Bertz CT molecular complexity index is 1230. The molecular formula is C27H35FN4O5. The fraction of sp³-hybridized carbons (Fsp3) is 0.519. The first-order valence-electron chi connectivity index (χ1n) is 12.7. The van der Waals surface area contributed by atoms with E-state index >= 15 is 4.39 Å². The first-order valence-corrected chi connectivity index (χ1v) is 12.7. The number of carbonyl (C=O) groups excluding carboxylic acids is 2. The number of hydrogen-bond acceptors (Lipinski definition) is 6. The van der Waals surface area contributed by atoms with Crippen molar-refractivity contribution >= 4 is 23.3 Å². The summed E-state index contributed by atoms with van der Waals surface area (Å²) in [5.74, 6) is -2.28. The monoisotopic (exact) mass is 514 g/mol. The van der Waals surface area contributed by atoms with Gasteiger partial charge in [0.1, 0.15) is 5.82 Å². The molecule has 1 aromatic heterocycles. The first kappa shape index (κ1) is 26.8. The van der Waals surface area contributed by atoms with Crippen molar-refractivity contribution in [3.05, 3.63) is 46.0 Å². The van der Waals surface area contributed by atoms with E-state index < -0.39 is 17.7 Å². The van der Waals surface area contributed by atoms with Crippen molar-refractivity contribution in [1.82, 2.24) is 4.57 Å². The molecule has 3 aliphatic rings. The van der Waals surface area contributed by atoms with Crippen molar-refractivity contribution in [3.8, 4) is 5.69 Å². The zero-order valence-corrected chi connectivity index (χ0v) is 21.4. The standard InChI is InChI=1S/C25H30FN3O3.C2H5NO2/c1-25(2)10-19-22(21(30)11-25)16-12-32-13-20(16)29(19)15-8-17(26)23(24(27)31)18(9-15)28-14-6-4-3-5-7-14;3-1-2(4)5/h8-9,14,28H,3-7,10-13H2,1-2H3,(H2,27,31);1,3H2,(H,4,5). The average Bonchev–Trinajstić information content (AvgIpc) is 3.38. The molecule has 5 rings (SSSR count). The van der Waals surface area contributed by atoms with Crippen molar-refractivity contribution in [2.24, 2.45) is 16.9 Å². The number of nitrogens with two attached hydrogens (primary N) is 2. The van der Waals surface area contributed by atoms with Crippen molar-refractivity contribution in [2.75, 3.05) is 11.9 Å². The number of benzene rings is 1. The quantitative estimate of drug-likeness (QED) is 0.475. The van der Waals surface area contributed by atoms with Gasteiger partial charge in [0, 0.05) is 29.3 Å². The van der Waals surface area contributed by atoms with Crippen LogP contribution in [-0.2, 0) is 29.2 Å². The van der Waals surface area contributed by atoms with E-state index in [2.05, 4.69) is 24.9 Å². The van der Waals surface area contributed by atoms with Gasteiger partial charge in [0.05, 0.1) is 42.4 Å². The lowest BCUT2D eigenvalue weighted by molar-refractivity contribution is -0.135. The van der Waals surface area contributed by atoms with Crippen LogP contribution in [0.1, 0.15) is 90.0 Å². The molecule has 0 saturated heterocycles. The van der Waals surface area contributed by atoms with Gasteiger partial charge in [-0.1, -0.05) is 33.1 Å². The number of aromatic nitrogens is 1. The number of ether oxygens (including phenoxy) is 1. The number of amides is 1. The molecule has 6 N–H and O–H groups in total. The van der Waals surface area contributed by atoms with Gasteiger partial charge >= 0.3 is 5.97 Å². The predicted molar refractivity (Wildman–Crippen MR) is 136 cm³/mol. The Morgan fingerprint density at radius 3 is 2.46 bits per heavy atom. The van der Waals surface area contributed by atoms with Crippen molar-refractivity contribution in [2.45, 2.75) is 78.0 Å². The molecule has 10 heteroatoms. The Labute approximate surface area is 215 Å². The zero-order valence-electron chi connectivity index (χ0n) is 21.4. The number of aliphatic carboxylic acids is 1. The number of Topliss-reactive ketones (excluding diaryl/α,β-unsaturated/α-hetero) is 1. The Hall–Kier alpha value is -3.24. The molecule has 2 aliphatic carbocycles. The average molecular weight is 515 g/mol. The van der Waals surface area contributed by atoms with E-state index in [1.807, 2.05) is 10.6 Å². The van der Waals surface area contributed by atoms with E-state index in [9.17, 15) is 14.4 Å². The van der Waals surface area contributed by atoms with Crippen LogP contribution < -0.4 is 16.8 Å². The highest BCUT2D eigenvalue weighted by Gasteiger charge is 2.39. The molecular weight excluding hydrogens is 479 g/mol. The minimum atomic E-state index is -0.968. The molecule has 1 fully saturated rings. The lowest BCUT2D eigenvalue weighted by Gasteiger charge is -2.30. The number of hydrogen-bond donors (Lipinski definition) is 4. The van der Waals surface area contributed by atoms with Crippen molar-refractivity contribution < 1.29 is 28.6 Å². The number of anilines is 1. The van der Waals surface area contributed by atoms with Crippen molar-refractivity contribution in [1.29, 1.82) is 0 Å². The Balaban J connectivity index is 0.000000586. The number of nitrogens with zero attached hydrogens (tertiary/aromatic N) is 1. The van der Waals surface area contributed by atoms with Gasteiger partial charge in [-0.15, -0.1) is 0 Å². The summed E-state index contributed by atoms with van der Waals surface area (Å²) in [5, 5.41) is 11.0. The predicted octanol–water partition coefficient (Wildman–Crippen LogP) is 3.67. The van der Waals surface area contributed by atoms with Gasteiger partial charge < -0.3 is 31.2 Å². The topological polar surface area (TPSA) is 150 Å². The number of carboxylic acids is 1. The lowest BCUT2D eigenvalue weighted by Crippen LogP contribution is -2.29. The Kier molecular flexibility index (Phi) is 7.70. The maximum absolute atomic E-state index is 15.3. The largest absolute Gasteiger partial charge is 0.480 e. The minimum absolute atomic E-state index is 0.107. The first-order chi connectivity index (χ1) is 17.5. The molecule has 200 valence electrons. The normalized spacial score (nSPS) is 18.4. The fourth-order valence-corrected chi connectivity index (χ4v) is 5.68. The molecule has 1 aliphatic heterocycles. The summed E-state index contributed by atoms with van der Waals surface area (Å²) in [7, 11) is 0. The summed E-state index contributed by atoms with van der Waals surface area (Å²) < 4.78 is 22.9. The molecule has 9 nitrogen and oxygen atoms in total. The molecule has 0 unspecified atom stereocenters. The van der Waals surface area contributed by atoms with Gasteiger partial charge in [-0.25, -0.2) is 4.39 Å². The number of ketones is 1. The smallest absolute Gasteiger partial charge is 0.317 e. The molecule has 0 radical (unpaired) electrons. The van der Waals surface area contributed by atoms with Gasteiger partial charge in [0.15, 0.2) is 5.78 Å². The van der Waals surface area contributed by atoms with Crippen LogP contribution >= 0.6 is 0 Å². The number of primary amides is 1. The summed E-state index contributed by atoms with van der Waals surface area (Å²) in [6, 6.07) is 3.35. The van der Waals surface area contributed by atoms with E-state index in [1.54, 1.807) is 0 Å². The van der Waals surface area contributed by atoms with E-state index in [0.717, 1.165) is 48.2 Å². The van der Waals surface area contributed by atoms with Crippen LogP contribution in [0.2, 0.25) is 0 Å². The molecule has 1 saturated carbocycles. The summed E-state index contributed by atoms with van der Waals surface area (Å²) in [6.07, 6.45) is 6.58. The minimum Gasteiger partial charge on any atom is -0.480 e. The Morgan fingerprint density at radius 2 is 1.84 bits per heavy atom. The van der Waals surface area contributed by atoms with Crippen LogP contribution in [-0.4, -0.2) is 39.9 Å². The lowest BCUT2D eigenvalue weighted by atomic mass is 9.75. The fourth-order valence-electron chi connectivity index (χ4n) is 5.68.